The second-order valence-electron chi connectivity index (χ2n) is 5.61. The summed E-state index contributed by atoms with van der Waals surface area (Å²) in [6.45, 7) is 9.20. The largest absolute Gasteiger partial charge is 0.386 e. The summed E-state index contributed by atoms with van der Waals surface area (Å²) in [5.74, 6) is -0.157. The van der Waals surface area contributed by atoms with Crippen LogP contribution in [0.2, 0.25) is 0 Å². The molecule has 1 unspecified atom stereocenters. The number of nitrogens with two attached hydrogens (primary N) is 1. The second kappa shape index (κ2) is 5.14. The zero-order valence-electron chi connectivity index (χ0n) is 10.7. The van der Waals surface area contributed by atoms with E-state index < -0.39 is 16.1 Å². The topological polar surface area (TPSA) is 96.0 Å². The first-order chi connectivity index (χ1) is 6.94. The van der Waals surface area contributed by atoms with Crippen LogP contribution < -0.4 is 10.5 Å². The molecule has 0 rings (SSSR count). The first kappa shape index (κ1) is 15.4. The minimum atomic E-state index is -3.40. The molecule has 4 N–H and O–H groups in total. The molecule has 0 aromatic carbocycles. The number of sulfonamides is 1. The molecule has 1 atom stereocenters. The predicted octanol–water partition coefficient (Wildman–Crippen LogP) is 0.912. The van der Waals surface area contributed by atoms with Gasteiger partial charge in [-0.1, -0.05) is 34.6 Å². The molecule has 0 aliphatic carbocycles. The van der Waals surface area contributed by atoms with E-state index >= 15 is 0 Å². The minimum Gasteiger partial charge on any atom is -0.386 e. The van der Waals surface area contributed by atoms with Gasteiger partial charge in [0.1, 0.15) is 5.84 Å². The molecule has 0 amide bonds. The summed E-state index contributed by atoms with van der Waals surface area (Å²) in [6.07, 6.45) is 0. The maximum atomic E-state index is 11.8. The number of nitrogens with one attached hydrogen (secondary N) is 2. The fourth-order valence-corrected chi connectivity index (χ4v) is 3.37. The van der Waals surface area contributed by atoms with Gasteiger partial charge in [0.05, 0.1) is 11.8 Å². The van der Waals surface area contributed by atoms with Gasteiger partial charge in [0.2, 0.25) is 10.0 Å². The summed E-state index contributed by atoms with van der Waals surface area (Å²) in [4.78, 5) is 0. The van der Waals surface area contributed by atoms with E-state index in [4.69, 9.17) is 11.1 Å². The van der Waals surface area contributed by atoms with Crippen LogP contribution in [0.3, 0.4) is 0 Å². The van der Waals surface area contributed by atoms with E-state index in [1.165, 1.54) is 0 Å². The number of hydrogen-bond acceptors (Lipinski definition) is 3. The maximum Gasteiger partial charge on any atom is 0.212 e. The monoisotopic (exact) mass is 249 g/mol. The SMILES string of the molecule is CC(C)C(NS(=O)(=O)CC(C)(C)C)C(=N)N. The molecule has 0 saturated carbocycles. The van der Waals surface area contributed by atoms with Gasteiger partial charge in [-0.3, -0.25) is 5.41 Å². The molecule has 5 nitrogen and oxygen atoms in total. The molecule has 0 heterocycles. The van der Waals surface area contributed by atoms with Gasteiger partial charge in [-0.25, -0.2) is 13.1 Å². The van der Waals surface area contributed by atoms with Crippen molar-refractivity contribution in [2.45, 2.75) is 40.7 Å². The van der Waals surface area contributed by atoms with Gasteiger partial charge in [-0.15, -0.1) is 0 Å². The Bertz CT molecular complexity index is 342. The minimum absolute atomic E-state index is 0.0243. The molecule has 0 aromatic rings. The Morgan fingerprint density at radius 2 is 1.81 bits per heavy atom. The van der Waals surface area contributed by atoms with Crippen molar-refractivity contribution < 1.29 is 8.42 Å². The molecule has 0 fully saturated rings. The molecular weight excluding hydrogens is 226 g/mol. The van der Waals surface area contributed by atoms with Gasteiger partial charge in [0.15, 0.2) is 0 Å². The van der Waals surface area contributed by atoms with Gasteiger partial charge in [0.25, 0.3) is 0 Å². The number of amidine groups is 1. The standard InChI is InChI=1S/C10H23N3O2S/c1-7(2)8(9(11)12)13-16(14,15)6-10(3,4)5/h7-8,13H,6H2,1-5H3,(H3,11,12). The molecule has 16 heavy (non-hydrogen) atoms. The maximum absolute atomic E-state index is 11.8. The molecule has 0 saturated heterocycles. The Balaban J connectivity index is 4.75. The zero-order chi connectivity index (χ0) is 13.1. The van der Waals surface area contributed by atoms with Crippen LogP contribution >= 0.6 is 0 Å². The molecule has 0 aromatic heterocycles. The lowest BCUT2D eigenvalue weighted by molar-refractivity contribution is 0.451. The Morgan fingerprint density at radius 1 is 1.38 bits per heavy atom. The highest BCUT2D eigenvalue weighted by Gasteiger charge is 2.27. The van der Waals surface area contributed by atoms with Crippen molar-refractivity contribution in [1.82, 2.24) is 4.72 Å². The highest BCUT2D eigenvalue weighted by molar-refractivity contribution is 7.89. The highest BCUT2D eigenvalue weighted by Crippen LogP contribution is 2.16. The number of hydrogen-bond donors (Lipinski definition) is 3. The Hall–Kier alpha value is -0.620. The van der Waals surface area contributed by atoms with Gasteiger partial charge >= 0.3 is 0 Å². The van der Waals surface area contributed by atoms with E-state index in [0.717, 1.165) is 0 Å². The smallest absolute Gasteiger partial charge is 0.212 e. The van der Waals surface area contributed by atoms with Crippen molar-refractivity contribution in [3.8, 4) is 0 Å². The van der Waals surface area contributed by atoms with E-state index in [1.807, 2.05) is 34.6 Å². The summed E-state index contributed by atoms with van der Waals surface area (Å²) in [5.41, 5.74) is 5.05. The van der Waals surface area contributed by atoms with Crippen LogP contribution in [-0.4, -0.2) is 26.0 Å². The predicted molar refractivity (Wildman–Crippen MR) is 66.9 cm³/mol. The summed E-state index contributed by atoms with van der Waals surface area (Å²) < 4.78 is 26.1. The van der Waals surface area contributed by atoms with Crippen LogP contribution in [0.5, 0.6) is 0 Å². The highest BCUT2D eigenvalue weighted by atomic mass is 32.2. The zero-order valence-corrected chi connectivity index (χ0v) is 11.5. The van der Waals surface area contributed by atoms with E-state index in [2.05, 4.69) is 4.72 Å². The lowest BCUT2D eigenvalue weighted by Crippen LogP contribution is -2.49. The van der Waals surface area contributed by atoms with Crippen LogP contribution in [0, 0.1) is 16.7 Å². The molecule has 0 spiro atoms. The third kappa shape index (κ3) is 6.07. The summed E-state index contributed by atoms with van der Waals surface area (Å²) in [7, 11) is -3.40. The summed E-state index contributed by atoms with van der Waals surface area (Å²) in [5, 5.41) is 7.34. The Morgan fingerprint density at radius 3 is 2.06 bits per heavy atom. The van der Waals surface area contributed by atoms with E-state index in [-0.39, 0.29) is 22.9 Å². The van der Waals surface area contributed by atoms with E-state index in [1.54, 1.807) is 0 Å². The van der Waals surface area contributed by atoms with Crippen molar-refractivity contribution >= 4 is 15.9 Å². The van der Waals surface area contributed by atoms with E-state index in [9.17, 15) is 8.42 Å². The molecule has 6 heteroatoms. The van der Waals surface area contributed by atoms with Crippen LogP contribution in [-0.2, 0) is 10.0 Å². The average Bonchev–Trinajstić information content (AvgIpc) is 1.94. The van der Waals surface area contributed by atoms with Crippen LogP contribution in [0.4, 0.5) is 0 Å². The first-order valence-electron chi connectivity index (χ1n) is 5.28. The van der Waals surface area contributed by atoms with Gasteiger partial charge in [-0.05, 0) is 11.3 Å². The van der Waals surface area contributed by atoms with E-state index in [0.29, 0.717) is 0 Å². The molecule has 0 radical (unpaired) electrons. The lowest BCUT2D eigenvalue weighted by Gasteiger charge is -2.24. The van der Waals surface area contributed by atoms with Crippen molar-refractivity contribution in [2.75, 3.05) is 5.75 Å². The Kier molecular flexibility index (Phi) is 4.94. The molecule has 96 valence electrons. The lowest BCUT2D eigenvalue weighted by atomic mass is 10.0. The van der Waals surface area contributed by atoms with Crippen LogP contribution in [0.25, 0.3) is 0 Å². The molecule has 0 bridgehead atoms. The average molecular weight is 249 g/mol. The van der Waals surface area contributed by atoms with Crippen molar-refractivity contribution in [3.05, 3.63) is 0 Å². The van der Waals surface area contributed by atoms with Crippen molar-refractivity contribution in [3.63, 3.8) is 0 Å². The summed E-state index contributed by atoms with van der Waals surface area (Å²) in [6, 6.07) is -0.618. The van der Waals surface area contributed by atoms with Crippen LogP contribution in [0.15, 0.2) is 0 Å². The quantitative estimate of drug-likeness (QED) is 0.499. The van der Waals surface area contributed by atoms with Gasteiger partial charge in [-0.2, -0.15) is 0 Å². The number of rotatable bonds is 5. The normalized spacial score (nSPS) is 15.1. The van der Waals surface area contributed by atoms with Crippen molar-refractivity contribution in [1.29, 1.82) is 5.41 Å². The third-order valence-electron chi connectivity index (χ3n) is 1.93. The fourth-order valence-electron chi connectivity index (χ4n) is 1.36. The molecular formula is C10H23N3O2S. The third-order valence-corrected chi connectivity index (χ3v) is 3.79. The van der Waals surface area contributed by atoms with Gasteiger partial charge in [0, 0.05) is 0 Å². The second-order valence-corrected chi connectivity index (χ2v) is 7.37. The molecule has 0 aliphatic heterocycles. The Labute approximate surface area is 98.4 Å². The van der Waals surface area contributed by atoms with Gasteiger partial charge < -0.3 is 5.73 Å². The van der Waals surface area contributed by atoms with Crippen LogP contribution in [0.1, 0.15) is 34.6 Å². The first-order valence-corrected chi connectivity index (χ1v) is 6.94. The molecule has 0 aliphatic rings. The summed E-state index contributed by atoms with van der Waals surface area (Å²) >= 11 is 0. The van der Waals surface area contributed by atoms with Crippen molar-refractivity contribution in [2.24, 2.45) is 17.1 Å². The fraction of sp³-hybridized carbons (Fsp3) is 0.900.